The molecule has 354 valence electrons. The predicted octanol–water partition coefficient (Wildman–Crippen LogP) is 9.62. The summed E-state index contributed by atoms with van der Waals surface area (Å²) >= 11 is 0. The molecule has 3 aromatic rings. The van der Waals surface area contributed by atoms with E-state index in [1.54, 1.807) is 0 Å². The van der Waals surface area contributed by atoms with Crippen LogP contribution < -0.4 is 10.6 Å². The summed E-state index contributed by atoms with van der Waals surface area (Å²) < 4.78 is 9.71. The zero-order valence-electron chi connectivity index (χ0n) is 40.6. The Morgan fingerprint density at radius 2 is 1.21 bits per heavy atom. The normalized spacial score (nSPS) is 23.5. The fourth-order valence-corrected chi connectivity index (χ4v) is 12.2. The maximum absolute atomic E-state index is 14.0. The molecule has 1 spiro atoms. The van der Waals surface area contributed by atoms with Gasteiger partial charge in [-0.1, -0.05) is 96.8 Å². The number of methoxy groups -OCH3 is 2. The first kappa shape index (κ1) is 46.3. The minimum atomic E-state index is -0.671. The molecule has 4 heterocycles. The molecule has 0 radical (unpaired) electrons. The van der Waals surface area contributed by atoms with Crippen LogP contribution in [0.15, 0.2) is 76.4 Å². The van der Waals surface area contributed by atoms with E-state index in [4.69, 9.17) is 19.5 Å². The second-order valence-corrected chi connectivity index (χ2v) is 21.2. The van der Waals surface area contributed by atoms with E-state index in [-0.39, 0.29) is 35.7 Å². The van der Waals surface area contributed by atoms with Crippen molar-refractivity contribution in [3.05, 3.63) is 88.6 Å². The minimum Gasteiger partial charge on any atom is -0.453 e. The lowest BCUT2D eigenvalue weighted by Gasteiger charge is -2.31. The molecular weight excluding hydrogens is 841 g/mol. The topological polar surface area (TPSA) is 142 Å². The molecule has 12 heteroatoms. The van der Waals surface area contributed by atoms with Crippen LogP contribution in [0.1, 0.15) is 109 Å². The van der Waals surface area contributed by atoms with Gasteiger partial charge in [-0.3, -0.25) is 19.6 Å². The van der Waals surface area contributed by atoms with E-state index in [2.05, 4.69) is 79.1 Å². The summed E-state index contributed by atoms with van der Waals surface area (Å²) in [6, 6.07) is 18.8. The number of hydrogen-bond donors (Lipinski definition) is 2. The van der Waals surface area contributed by atoms with Gasteiger partial charge in [0.2, 0.25) is 11.8 Å². The lowest BCUT2D eigenvalue weighted by molar-refractivity contribution is -0.135. The standard InChI is InChI=1S/C55H68N6O6/c1-31(2)49(58-53(64)66-7)51(62)60-29-33(5)21-47(60)39-25-45(56-28-39)36-13-11-35(12-14-36)40-16-17-41(43-27-55(26-42(40)43)19-9-10-20-55)37-15-18-44-38(23-37)24-46(57-44)48-22-34(6)30-61(48)52(63)50(32(3)4)59-54(65)67-8/h11-18,23,28,31-34,47-50H,9-10,19-22,24-27,29-30H2,1-8H3,(H,58,64)(H,59,65)/t33-,34-,47-,48-,49-,50-/m0/s1. The van der Waals surface area contributed by atoms with Crippen molar-refractivity contribution in [1.82, 2.24) is 20.4 Å². The average Bonchev–Trinajstić information content (AvgIpc) is 4.19. The Morgan fingerprint density at radius 3 is 1.78 bits per heavy atom. The van der Waals surface area contributed by atoms with Gasteiger partial charge in [-0.05, 0) is 130 Å². The predicted molar refractivity (Wildman–Crippen MR) is 263 cm³/mol. The molecule has 9 rings (SSSR count). The Kier molecular flexibility index (Phi) is 12.9. The van der Waals surface area contributed by atoms with Crippen molar-refractivity contribution >= 4 is 41.1 Å². The van der Waals surface area contributed by atoms with Crippen LogP contribution in [-0.2, 0) is 38.3 Å². The van der Waals surface area contributed by atoms with Gasteiger partial charge in [0, 0.05) is 37.8 Å². The van der Waals surface area contributed by atoms with E-state index >= 15 is 0 Å². The van der Waals surface area contributed by atoms with Crippen molar-refractivity contribution < 1.29 is 28.7 Å². The highest BCUT2D eigenvalue weighted by molar-refractivity contribution is 6.04. The molecule has 3 aromatic carbocycles. The Balaban J connectivity index is 0.923. The molecule has 67 heavy (non-hydrogen) atoms. The number of rotatable bonds is 11. The molecule has 0 unspecified atom stereocenters. The molecule has 2 N–H and O–H groups in total. The van der Waals surface area contributed by atoms with Gasteiger partial charge in [0.1, 0.15) is 12.1 Å². The van der Waals surface area contributed by atoms with E-state index in [0.717, 1.165) is 53.9 Å². The summed E-state index contributed by atoms with van der Waals surface area (Å²) in [5.41, 5.74) is 14.7. The van der Waals surface area contributed by atoms with Crippen molar-refractivity contribution in [2.24, 2.45) is 39.1 Å². The summed E-state index contributed by atoms with van der Waals surface area (Å²) in [6.45, 7) is 13.4. The fourth-order valence-electron chi connectivity index (χ4n) is 12.2. The third-order valence-corrected chi connectivity index (χ3v) is 15.7. The molecular formula is C55H68N6O6. The number of nitrogens with one attached hydrogen (secondary N) is 2. The van der Waals surface area contributed by atoms with E-state index in [1.807, 2.05) is 43.7 Å². The smallest absolute Gasteiger partial charge is 0.407 e. The van der Waals surface area contributed by atoms with Gasteiger partial charge in [-0.2, -0.15) is 0 Å². The lowest BCUT2D eigenvalue weighted by Crippen LogP contribution is -2.53. The summed E-state index contributed by atoms with van der Waals surface area (Å²) in [5.74, 6) is 0.324. The summed E-state index contributed by atoms with van der Waals surface area (Å²) in [6.07, 6.45) is 11.1. The van der Waals surface area contributed by atoms with Gasteiger partial charge in [0.05, 0.1) is 37.7 Å². The van der Waals surface area contributed by atoms with Crippen LogP contribution in [0, 0.1) is 29.1 Å². The molecule has 1 saturated carbocycles. The van der Waals surface area contributed by atoms with Gasteiger partial charge >= 0.3 is 12.2 Å². The molecule has 4 amide bonds. The highest BCUT2D eigenvalue weighted by Crippen LogP contribution is 2.53. The molecule has 12 nitrogen and oxygen atoms in total. The lowest BCUT2D eigenvalue weighted by atomic mass is 9.82. The van der Waals surface area contributed by atoms with Crippen molar-refractivity contribution in [3.8, 4) is 22.3 Å². The Morgan fingerprint density at radius 1 is 0.687 bits per heavy atom. The monoisotopic (exact) mass is 909 g/mol. The summed E-state index contributed by atoms with van der Waals surface area (Å²) in [7, 11) is 2.64. The first-order valence-corrected chi connectivity index (χ1v) is 24.7. The number of hydrogen-bond acceptors (Lipinski definition) is 8. The number of aliphatic imine (C=N–C) groups is 2. The van der Waals surface area contributed by atoms with Crippen LogP contribution >= 0.6 is 0 Å². The van der Waals surface area contributed by atoms with Gasteiger partial charge in [-0.25, -0.2) is 9.59 Å². The number of benzene rings is 3. The SMILES string of the molecule is COC(=O)N[C@H](C(=O)N1C[C@@H](C)C[C@H]1C1=CN=C(c2ccc(-c3ccc(-c4ccc5c(c4)CC([C@@H]4C[C@H](C)CN4C(=O)[C@@H](NC(=O)OC)C(C)C)=N5)c4c3CC3(CCCC3)C4)cc2)C1)C(C)C. The van der Waals surface area contributed by atoms with Crippen molar-refractivity contribution in [1.29, 1.82) is 0 Å². The van der Waals surface area contributed by atoms with E-state index < -0.39 is 24.3 Å². The minimum absolute atomic E-state index is 0.0639. The average molecular weight is 909 g/mol. The number of carbonyl (C=O) groups is 4. The number of fused-ring (bicyclic) bond motifs is 2. The fraction of sp³-hybridized carbons (Fsp3) is 0.527. The van der Waals surface area contributed by atoms with Gasteiger partial charge in [-0.15, -0.1) is 0 Å². The van der Waals surface area contributed by atoms with Crippen molar-refractivity contribution in [2.75, 3.05) is 27.3 Å². The molecule has 0 aromatic heterocycles. The van der Waals surface area contributed by atoms with Crippen LogP contribution in [0.25, 0.3) is 22.3 Å². The van der Waals surface area contributed by atoms with Gasteiger partial charge in [0.15, 0.2) is 0 Å². The highest BCUT2D eigenvalue weighted by Gasteiger charge is 2.44. The van der Waals surface area contributed by atoms with Crippen LogP contribution in [0.4, 0.5) is 15.3 Å². The maximum Gasteiger partial charge on any atom is 0.407 e. The quantitative estimate of drug-likeness (QED) is 0.196. The third-order valence-electron chi connectivity index (χ3n) is 15.7. The highest BCUT2D eigenvalue weighted by atomic mass is 16.5. The zero-order valence-corrected chi connectivity index (χ0v) is 40.6. The number of alkyl carbamates (subject to hydrolysis) is 2. The number of ether oxygens (including phenoxy) is 2. The first-order valence-electron chi connectivity index (χ1n) is 24.7. The van der Waals surface area contributed by atoms with Crippen molar-refractivity contribution in [2.45, 2.75) is 130 Å². The number of amides is 4. The Labute approximate surface area is 396 Å². The van der Waals surface area contributed by atoms with E-state index in [9.17, 15) is 19.2 Å². The summed E-state index contributed by atoms with van der Waals surface area (Å²) in [5, 5.41) is 5.55. The van der Waals surface area contributed by atoms with Crippen LogP contribution in [-0.4, -0.2) is 96.7 Å². The number of likely N-dealkylation sites (tertiary alicyclic amines) is 2. The van der Waals surface area contributed by atoms with Crippen LogP contribution in [0.3, 0.4) is 0 Å². The van der Waals surface area contributed by atoms with E-state index in [1.165, 1.54) is 78.8 Å². The molecule has 6 aliphatic rings. The maximum atomic E-state index is 14.0. The van der Waals surface area contributed by atoms with Crippen LogP contribution in [0.5, 0.6) is 0 Å². The van der Waals surface area contributed by atoms with Crippen molar-refractivity contribution in [3.63, 3.8) is 0 Å². The Bertz CT molecular complexity index is 2540. The zero-order chi connectivity index (χ0) is 47.3. The molecule has 3 fully saturated rings. The molecule has 2 aliphatic carbocycles. The number of carbonyl (C=O) groups excluding carboxylic acids is 4. The third kappa shape index (κ3) is 9.05. The first-order chi connectivity index (χ1) is 32.1. The molecule has 2 saturated heterocycles. The summed E-state index contributed by atoms with van der Waals surface area (Å²) in [4.78, 5) is 66.3. The number of nitrogens with zero attached hydrogens (tertiary/aromatic N) is 4. The largest absolute Gasteiger partial charge is 0.453 e. The van der Waals surface area contributed by atoms with Gasteiger partial charge < -0.3 is 29.9 Å². The van der Waals surface area contributed by atoms with E-state index in [0.29, 0.717) is 43.2 Å². The van der Waals surface area contributed by atoms with Gasteiger partial charge in [0.25, 0.3) is 0 Å². The van der Waals surface area contributed by atoms with Crippen LogP contribution in [0.2, 0.25) is 0 Å². The second-order valence-electron chi connectivity index (χ2n) is 21.2. The molecule has 4 aliphatic heterocycles. The molecule has 6 atom stereocenters. The Hall–Kier alpha value is -5.78. The second kappa shape index (κ2) is 18.7. The molecule has 0 bridgehead atoms.